The molecule has 3 N–H and O–H groups in total. The molecular weight excluding hydrogens is 291 g/mol. The second kappa shape index (κ2) is 8.11. The van der Waals surface area contributed by atoms with Gasteiger partial charge in [0.25, 0.3) is 0 Å². The van der Waals surface area contributed by atoms with Crippen molar-refractivity contribution in [3.8, 4) is 5.75 Å². The predicted molar refractivity (Wildman–Crippen MR) is 77.9 cm³/mol. The van der Waals surface area contributed by atoms with Gasteiger partial charge in [-0.25, -0.2) is 4.39 Å². The normalized spacial score (nSPS) is 11.6. The first-order valence-electron chi connectivity index (χ1n) is 6.84. The molecule has 1 aromatic rings. The molecule has 2 amide bonds. The Morgan fingerprint density at radius 3 is 2.50 bits per heavy atom. The molecule has 1 atom stereocenters. The van der Waals surface area contributed by atoms with Gasteiger partial charge in [0.2, 0.25) is 11.8 Å². The first-order valence-corrected chi connectivity index (χ1v) is 6.84. The number of methoxy groups -OCH3 is 1. The van der Waals surface area contributed by atoms with Gasteiger partial charge in [0.05, 0.1) is 7.11 Å². The van der Waals surface area contributed by atoms with Gasteiger partial charge in [-0.05, 0) is 24.6 Å². The van der Waals surface area contributed by atoms with E-state index in [4.69, 9.17) is 10.5 Å². The zero-order chi connectivity index (χ0) is 16.7. The van der Waals surface area contributed by atoms with Crippen LogP contribution in [0.2, 0.25) is 0 Å². The molecule has 1 aromatic carbocycles. The Bertz CT molecular complexity index is 575. The van der Waals surface area contributed by atoms with E-state index >= 15 is 0 Å². The first-order chi connectivity index (χ1) is 10.4. The fourth-order valence-corrected chi connectivity index (χ4v) is 1.85. The summed E-state index contributed by atoms with van der Waals surface area (Å²) in [4.78, 5) is 34.6. The average molecular weight is 310 g/mol. The fraction of sp³-hybridized carbons (Fsp3) is 0.400. The SMILES string of the molecule is CC[C@H](NC(=O)CCC(=O)c1ccc(OC)c(F)c1)C(N)=O. The van der Waals surface area contributed by atoms with E-state index in [0.29, 0.717) is 6.42 Å². The fourth-order valence-electron chi connectivity index (χ4n) is 1.85. The third-order valence-corrected chi connectivity index (χ3v) is 3.14. The molecule has 7 heteroatoms. The summed E-state index contributed by atoms with van der Waals surface area (Å²) in [7, 11) is 1.33. The summed E-state index contributed by atoms with van der Waals surface area (Å²) in [6, 6.07) is 3.10. The van der Waals surface area contributed by atoms with Crippen LogP contribution in [0, 0.1) is 5.82 Å². The second-order valence-electron chi connectivity index (χ2n) is 4.70. The number of nitrogens with two attached hydrogens (primary N) is 1. The Morgan fingerprint density at radius 1 is 1.32 bits per heavy atom. The molecule has 0 aliphatic carbocycles. The van der Waals surface area contributed by atoms with E-state index in [2.05, 4.69) is 5.32 Å². The summed E-state index contributed by atoms with van der Waals surface area (Å²) in [6.07, 6.45) is 0.182. The number of carbonyl (C=O) groups is 3. The highest BCUT2D eigenvalue weighted by molar-refractivity contribution is 5.98. The number of amides is 2. The van der Waals surface area contributed by atoms with E-state index in [1.807, 2.05) is 0 Å². The Kier molecular flexibility index (Phi) is 6.49. The first kappa shape index (κ1) is 17.6. The molecule has 0 saturated carbocycles. The van der Waals surface area contributed by atoms with Gasteiger partial charge in [-0.15, -0.1) is 0 Å². The third-order valence-electron chi connectivity index (χ3n) is 3.14. The highest BCUT2D eigenvalue weighted by atomic mass is 19.1. The predicted octanol–water partition coefficient (Wildman–Crippen LogP) is 1.18. The molecule has 0 aliphatic rings. The molecule has 120 valence electrons. The smallest absolute Gasteiger partial charge is 0.239 e. The van der Waals surface area contributed by atoms with Crippen LogP contribution in [0.3, 0.4) is 0 Å². The molecule has 0 unspecified atom stereocenters. The van der Waals surface area contributed by atoms with E-state index in [0.717, 1.165) is 6.07 Å². The molecule has 1 rings (SSSR count). The number of ketones is 1. The maximum atomic E-state index is 13.5. The number of hydrogen-bond donors (Lipinski definition) is 2. The lowest BCUT2D eigenvalue weighted by molar-refractivity contribution is -0.127. The zero-order valence-corrected chi connectivity index (χ0v) is 12.5. The van der Waals surface area contributed by atoms with Crippen LogP contribution in [0.15, 0.2) is 18.2 Å². The summed E-state index contributed by atoms with van der Waals surface area (Å²) in [6.45, 7) is 1.71. The standard InChI is InChI=1S/C15H19FN2O4/c1-3-11(15(17)21)18-14(20)7-5-12(19)9-4-6-13(22-2)10(16)8-9/h4,6,8,11H,3,5,7H2,1-2H3,(H2,17,21)(H,18,20)/t11-/m0/s1. The highest BCUT2D eigenvalue weighted by Crippen LogP contribution is 2.18. The number of carbonyl (C=O) groups excluding carboxylic acids is 3. The van der Waals surface area contributed by atoms with Gasteiger partial charge in [-0.1, -0.05) is 6.92 Å². The van der Waals surface area contributed by atoms with Crippen LogP contribution < -0.4 is 15.8 Å². The second-order valence-corrected chi connectivity index (χ2v) is 4.70. The largest absolute Gasteiger partial charge is 0.494 e. The van der Waals surface area contributed by atoms with Crippen molar-refractivity contribution in [3.63, 3.8) is 0 Å². The summed E-state index contributed by atoms with van der Waals surface area (Å²) in [5.74, 6) is -2.05. The number of nitrogens with one attached hydrogen (secondary N) is 1. The molecule has 0 bridgehead atoms. The molecule has 0 spiro atoms. The monoisotopic (exact) mass is 310 g/mol. The van der Waals surface area contributed by atoms with Gasteiger partial charge in [0.1, 0.15) is 6.04 Å². The van der Waals surface area contributed by atoms with Gasteiger partial charge in [-0.2, -0.15) is 0 Å². The van der Waals surface area contributed by atoms with Gasteiger partial charge in [0, 0.05) is 18.4 Å². The summed E-state index contributed by atoms with van der Waals surface area (Å²) in [5.41, 5.74) is 5.27. The number of halogens is 1. The van der Waals surface area contributed by atoms with Crippen molar-refractivity contribution < 1.29 is 23.5 Å². The minimum Gasteiger partial charge on any atom is -0.494 e. The van der Waals surface area contributed by atoms with Crippen molar-refractivity contribution in [1.29, 1.82) is 0 Å². The lowest BCUT2D eigenvalue weighted by atomic mass is 10.1. The molecule has 0 radical (unpaired) electrons. The average Bonchev–Trinajstić information content (AvgIpc) is 2.49. The van der Waals surface area contributed by atoms with E-state index in [1.165, 1.54) is 19.2 Å². The molecule has 0 saturated heterocycles. The quantitative estimate of drug-likeness (QED) is 0.704. The van der Waals surface area contributed by atoms with Gasteiger partial charge >= 0.3 is 0 Å². The number of rotatable bonds is 8. The van der Waals surface area contributed by atoms with Crippen molar-refractivity contribution >= 4 is 17.6 Å². The molecule has 0 aromatic heterocycles. The van der Waals surface area contributed by atoms with Crippen LogP contribution in [0.4, 0.5) is 4.39 Å². The minimum absolute atomic E-state index is 0.0431. The maximum absolute atomic E-state index is 13.5. The highest BCUT2D eigenvalue weighted by Gasteiger charge is 2.17. The van der Waals surface area contributed by atoms with Crippen molar-refractivity contribution in [2.45, 2.75) is 32.2 Å². The van der Waals surface area contributed by atoms with Crippen LogP contribution >= 0.6 is 0 Å². The zero-order valence-electron chi connectivity index (χ0n) is 12.5. The number of Topliss-reactive ketones (excluding diaryl/α,β-unsaturated/α-hetero) is 1. The van der Waals surface area contributed by atoms with Crippen LogP contribution in [-0.2, 0) is 9.59 Å². The Morgan fingerprint density at radius 2 is 2.00 bits per heavy atom. The number of ether oxygens (including phenoxy) is 1. The van der Waals surface area contributed by atoms with Crippen molar-refractivity contribution in [2.75, 3.05) is 7.11 Å². The maximum Gasteiger partial charge on any atom is 0.239 e. The molecule has 6 nitrogen and oxygen atoms in total. The van der Waals surface area contributed by atoms with E-state index in [9.17, 15) is 18.8 Å². The van der Waals surface area contributed by atoms with Gasteiger partial charge in [-0.3, -0.25) is 14.4 Å². The van der Waals surface area contributed by atoms with Crippen molar-refractivity contribution in [2.24, 2.45) is 5.73 Å². The molecule has 0 fully saturated rings. The van der Waals surface area contributed by atoms with Crippen molar-refractivity contribution in [1.82, 2.24) is 5.32 Å². The topological polar surface area (TPSA) is 98.5 Å². The Balaban J connectivity index is 2.57. The van der Waals surface area contributed by atoms with Crippen molar-refractivity contribution in [3.05, 3.63) is 29.6 Å². The van der Waals surface area contributed by atoms with E-state index < -0.39 is 23.7 Å². The summed E-state index contributed by atoms with van der Waals surface area (Å²) >= 11 is 0. The number of hydrogen-bond acceptors (Lipinski definition) is 4. The Hall–Kier alpha value is -2.44. The van der Waals surface area contributed by atoms with Crippen LogP contribution in [0.1, 0.15) is 36.5 Å². The summed E-state index contributed by atoms with van der Waals surface area (Å²) in [5, 5.41) is 2.44. The minimum atomic E-state index is -0.749. The van der Waals surface area contributed by atoms with Crippen LogP contribution in [0.25, 0.3) is 0 Å². The Labute approximate surface area is 127 Å². The van der Waals surface area contributed by atoms with E-state index in [1.54, 1.807) is 6.92 Å². The van der Waals surface area contributed by atoms with Gasteiger partial charge in [0.15, 0.2) is 17.3 Å². The third kappa shape index (κ3) is 4.83. The summed E-state index contributed by atoms with van der Waals surface area (Å²) < 4.78 is 18.3. The lowest BCUT2D eigenvalue weighted by Crippen LogP contribution is -2.43. The van der Waals surface area contributed by atoms with Gasteiger partial charge < -0.3 is 15.8 Å². The number of benzene rings is 1. The molecular formula is C15H19FN2O4. The lowest BCUT2D eigenvalue weighted by Gasteiger charge is -2.12. The van der Waals surface area contributed by atoms with Crippen LogP contribution in [0.5, 0.6) is 5.75 Å². The molecule has 0 heterocycles. The number of primary amides is 1. The van der Waals surface area contributed by atoms with Crippen LogP contribution in [-0.4, -0.2) is 30.7 Å². The molecule has 22 heavy (non-hydrogen) atoms. The molecule has 0 aliphatic heterocycles. The van der Waals surface area contributed by atoms with E-state index in [-0.39, 0.29) is 29.9 Å².